The zero-order chi connectivity index (χ0) is 25.6. The third-order valence-electron chi connectivity index (χ3n) is 5.87. The minimum absolute atomic E-state index is 0.0361. The molecule has 2 aromatic rings. The molecule has 2 aromatic carbocycles. The average Bonchev–Trinajstić information content (AvgIpc) is 3.12. The molecule has 0 heterocycles. The van der Waals surface area contributed by atoms with Gasteiger partial charge in [0, 0.05) is 12.3 Å². The largest absolute Gasteiger partial charge is 0.480 e. The van der Waals surface area contributed by atoms with Gasteiger partial charge in [-0.05, 0) is 41.0 Å². The van der Waals surface area contributed by atoms with Gasteiger partial charge < -0.3 is 20.5 Å². The predicted molar refractivity (Wildman–Crippen MR) is 134 cm³/mol. The summed E-state index contributed by atoms with van der Waals surface area (Å²) in [5, 5.41) is 14.6. The fourth-order valence-corrected chi connectivity index (χ4v) is 4.28. The standard InChI is InChI=1S/C28H32N2O5/c1-5-6-15-23(25(31)29-24(26(32)33)16-28(2,3)4)30-27(34)35-17-22-20-13-9-7-11-18(20)19-12-8-10-14-21(19)22/h7-14,22-24H,15-17H2,1-4H3,(H,29,31)(H,30,34)(H,32,33). The smallest absolute Gasteiger partial charge is 0.407 e. The minimum atomic E-state index is -1.13. The van der Waals surface area contributed by atoms with Crippen molar-refractivity contribution in [3.05, 3.63) is 59.7 Å². The third-order valence-corrected chi connectivity index (χ3v) is 5.87. The van der Waals surface area contributed by atoms with E-state index in [1.54, 1.807) is 6.92 Å². The number of carbonyl (C=O) groups excluding carboxylic acids is 2. The molecule has 2 amide bonds. The van der Waals surface area contributed by atoms with Gasteiger partial charge in [-0.15, -0.1) is 11.8 Å². The van der Waals surface area contributed by atoms with E-state index < -0.39 is 30.1 Å². The summed E-state index contributed by atoms with van der Waals surface area (Å²) < 4.78 is 5.54. The zero-order valence-electron chi connectivity index (χ0n) is 20.6. The molecule has 0 spiro atoms. The number of rotatable bonds is 8. The molecule has 1 aliphatic rings. The van der Waals surface area contributed by atoms with Gasteiger partial charge in [0.2, 0.25) is 5.91 Å². The van der Waals surface area contributed by atoms with Crippen LogP contribution in [-0.2, 0) is 14.3 Å². The second kappa shape index (κ2) is 11.1. The van der Waals surface area contributed by atoms with Gasteiger partial charge in [0.15, 0.2) is 0 Å². The highest BCUT2D eigenvalue weighted by molar-refractivity contribution is 5.89. The molecule has 184 valence electrons. The molecule has 0 saturated heterocycles. The molecule has 2 atom stereocenters. The third kappa shape index (κ3) is 6.63. The second-order valence-electron chi connectivity index (χ2n) is 9.82. The first-order chi connectivity index (χ1) is 16.6. The van der Waals surface area contributed by atoms with Crippen LogP contribution < -0.4 is 10.6 Å². The Bertz CT molecular complexity index is 1110. The van der Waals surface area contributed by atoms with E-state index in [1.165, 1.54) is 0 Å². The van der Waals surface area contributed by atoms with Crippen LogP contribution in [0.5, 0.6) is 0 Å². The molecular weight excluding hydrogens is 444 g/mol. The monoisotopic (exact) mass is 476 g/mol. The molecule has 0 saturated carbocycles. The van der Waals surface area contributed by atoms with Crippen LogP contribution in [0.15, 0.2) is 48.5 Å². The number of benzene rings is 2. The van der Waals surface area contributed by atoms with Gasteiger partial charge in [0.1, 0.15) is 18.7 Å². The minimum Gasteiger partial charge on any atom is -0.480 e. The van der Waals surface area contributed by atoms with E-state index in [4.69, 9.17) is 4.74 Å². The lowest BCUT2D eigenvalue weighted by molar-refractivity contribution is -0.143. The second-order valence-corrected chi connectivity index (χ2v) is 9.82. The van der Waals surface area contributed by atoms with Gasteiger partial charge in [-0.25, -0.2) is 9.59 Å². The number of aliphatic carboxylic acids is 1. The van der Waals surface area contributed by atoms with E-state index in [9.17, 15) is 19.5 Å². The van der Waals surface area contributed by atoms with Gasteiger partial charge in [-0.3, -0.25) is 4.79 Å². The van der Waals surface area contributed by atoms with Crippen LogP contribution in [0, 0.1) is 17.3 Å². The van der Waals surface area contributed by atoms with Crippen LogP contribution in [0.1, 0.15) is 57.6 Å². The summed E-state index contributed by atoms with van der Waals surface area (Å²) in [5.41, 5.74) is 4.09. The maximum Gasteiger partial charge on any atom is 0.407 e. The Kier molecular flexibility index (Phi) is 8.18. The molecule has 3 rings (SSSR count). The summed E-state index contributed by atoms with van der Waals surface area (Å²) >= 11 is 0. The molecule has 35 heavy (non-hydrogen) atoms. The van der Waals surface area contributed by atoms with Crippen LogP contribution in [0.4, 0.5) is 4.79 Å². The van der Waals surface area contributed by atoms with Gasteiger partial charge in [-0.1, -0.05) is 69.3 Å². The Balaban J connectivity index is 1.67. The number of nitrogens with one attached hydrogen (secondary N) is 2. The SMILES string of the molecule is CC#CCC(NC(=O)OCC1c2ccccc2-c2ccccc21)C(=O)NC(CC(C)(C)C)C(=O)O. The van der Waals surface area contributed by atoms with Crippen molar-refractivity contribution in [3.63, 3.8) is 0 Å². The number of fused-ring (bicyclic) bond motifs is 3. The number of alkyl carbamates (subject to hydrolysis) is 1. The molecule has 0 radical (unpaired) electrons. The van der Waals surface area contributed by atoms with Crippen LogP contribution in [0.3, 0.4) is 0 Å². The van der Waals surface area contributed by atoms with Gasteiger partial charge >= 0.3 is 12.1 Å². The van der Waals surface area contributed by atoms with Crippen LogP contribution in [-0.4, -0.2) is 41.8 Å². The molecular formula is C28H32N2O5. The number of carboxylic acid groups (broad SMARTS) is 1. The number of ether oxygens (including phenoxy) is 1. The van der Waals surface area contributed by atoms with E-state index >= 15 is 0 Å². The Morgan fingerprint density at radius 3 is 2.06 bits per heavy atom. The average molecular weight is 477 g/mol. The predicted octanol–water partition coefficient (Wildman–Crippen LogP) is 4.31. The summed E-state index contributed by atoms with van der Waals surface area (Å²) in [6.07, 6.45) is -0.479. The fourth-order valence-electron chi connectivity index (χ4n) is 4.28. The zero-order valence-corrected chi connectivity index (χ0v) is 20.6. The van der Waals surface area contributed by atoms with Crippen molar-refractivity contribution in [2.24, 2.45) is 5.41 Å². The highest BCUT2D eigenvalue weighted by atomic mass is 16.5. The van der Waals surface area contributed by atoms with Crippen molar-refractivity contribution in [1.82, 2.24) is 10.6 Å². The molecule has 0 bridgehead atoms. The first-order valence-corrected chi connectivity index (χ1v) is 11.6. The molecule has 0 fully saturated rings. The van der Waals surface area contributed by atoms with Crippen LogP contribution in [0.25, 0.3) is 11.1 Å². The Hall–Kier alpha value is -3.79. The molecule has 3 N–H and O–H groups in total. The van der Waals surface area contributed by atoms with Crippen molar-refractivity contribution < 1.29 is 24.2 Å². The Morgan fingerprint density at radius 2 is 1.54 bits per heavy atom. The fraction of sp³-hybridized carbons (Fsp3) is 0.393. The first-order valence-electron chi connectivity index (χ1n) is 11.6. The summed E-state index contributed by atoms with van der Waals surface area (Å²) in [5.74, 6) is 3.63. The van der Waals surface area contributed by atoms with Crippen molar-refractivity contribution in [3.8, 4) is 23.0 Å². The molecule has 1 aliphatic carbocycles. The quantitative estimate of drug-likeness (QED) is 0.493. The number of amides is 2. The molecule has 7 heteroatoms. The number of carboxylic acids is 1. The van der Waals surface area contributed by atoms with Crippen LogP contribution in [0.2, 0.25) is 0 Å². The normalized spacial score (nSPS) is 13.9. The lowest BCUT2D eigenvalue weighted by atomic mass is 9.88. The lowest BCUT2D eigenvalue weighted by Crippen LogP contribution is -2.52. The summed E-state index contributed by atoms with van der Waals surface area (Å²) in [7, 11) is 0. The molecule has 0 aliphatic heterocycles. The van der Waals surface area contributed by atoms with E-state index in [2.05, 4.69) is 34.6 Å². The molecule has 2 unspecified atom stereocenters. The van der Waals surface area contributed by atoms with Crippen molar-refractivity contribution >= 4 is 18.0 Å². The van der Waals surface area contributed by atoms with Crippen molar-refractivity contribution in [1.29, 1.82) is 0 Å². The first kappa shape index (κ1) is 25.8. The highest BCUT2D eigenvalue weighted by Crippen LogP contribution is 2.44. The summed E-state index contributed by atoms with van der Waals surface area (Å²) in [4.78, 5) is 37.2. The topological polar surface area (TPSA) is 105 Å². The van der Waals surface area contributed by atoms with E-state index in [1.807, 2.05) is 57.2 Å². The highest BCUT2D eigenvalue weighted by Gasteiger charge is 2.31. The van der Waals surface area contributed by atoms with Gasteiger partial charge in [-0.2, -0.15) is 0 Å². The Labute approximate surface area is 206 Å². The lowest BCUT2D eigenvalue weighted by Gasteiger charge is -2.25. The van der Waals surface area contributed by atoms with Crippen LogP contribution >= 0.6 is 0 Å². The van der Waals surface area contributed by atoms with Gasteiger partial charge in [0.25, 0.3) is 0 Å². The maximum absolute atomic E-state index is 12.9. The van der Waals surface area contributed by atoms with E-state index in [0.717, 1.165) is 22.3 Å². The molecule has 7 nitrogen and oxygen atoms in total. The summed E-state index contributed by atoms with van der Waals surface area (Å²) in [6.45, 7) is 7.41. The number of carbonyl (C=O) groups is 3. The molecule has 0 aromatic heterocycles. The summed E-state index contributed by atoms with van der Waals surface area (Å²) in [6, 6.07) is 13.9. The van der Waals surface area contributed by atoms with E-state index in [-0.39, 0.29) is 30.8 Å². The van der Waals surface area contributed by atoms with Crippen molar-refractivity contribution in [2.45, 2.75) is 58.5 Å². The Morgan fingerprint density at radius 1 is 0.971 bits per heavy atom. The number of hydrogen-bond acceptors (Lipinski definition) is 4. The van der Waals surface area contributed by atoms with E-state index in [0.29, 0.717) is 0 Å². The maximum atomic E-state index is 12.9. The van der Waals surface area contributed by atoms with Gasteiger partial charge in [0.05, 0.1) is 0 Å². The number of hydrogen-bond donors (Lipinski definition) is 3. The van der Waals surface area contributed by atoms with Crippen molar-refractivity contribution in [2.75, 3.05) is 6.61 Å².